The molecule has 29 heavy (non-hydrogen) atoms. The minimum atomic E-state index is -0.766. The van der Waals surface area contributed by atoms with Gasteiger partial charge in [-0.2, -0.15) is 5.26 Å². The summed E-state index contributed by atoms with van der Waals surface area (Å²) in [5.41, 5.74) is 7.82. The van der Waals surface area contributed by atoms with Crippen molar-refractivity contribution in [2.75, 3.05) is 0 Å². The second-order valence-electron chi connectivity index (χ2n) is 6.19. The van der Waals surface area contributed by atoms with Crippen molar-refractivity contribution >= 4 is 28.9 Å². The Bertz CT molecular complexity index is 1210. The molecule has 8 nitrogen and oxygen atoms in total. The minimum absolute atomic E-state index is 0.0922. The van der Waals surface area contributed by atoms with Gasteiger partial charge in [0.25, 0.3) is 5.69 Å². The number of nitrogens with zero attached hydrogens (tertiary/aromatic N) is 3. The molecule has 0 saturated carbocycles. The van der Waals surface area contributed by atoms with Crippen LogP contribution in [0, 0.1) is 21.4 Å². The summed E-state index contributed by atoms with van der Waals surface area (Å²) in [7, 11) is 0. The van der Waals surface area contributed by atoms with Gasteiger partial charge in [-0.15, -0.1) is 5.10 Å². The van der Waals surface area contributed by atoms with Gasteiger partial charge in [0.2, 0.25) is 11.8 Å². The highest BCUT2D eigenvalue weighted by atomic mass is 35.5. The molecule has 1 aliphatic heterocycles. The summed E-state index contributed by atoms with van der Waals surface area (Å²) in [5, 5.41) is 28.6. The van der Waals surface area contributed by atoms with Crippen LogP contribution in [0.3, 0.4) is 0 Å². The number of nitro benzene ring substituents is 1. The topological polar surface area (TPSA) is 131 Å². The van der Waals surface area contributed by atoms with E-state index in [0.29, 0.717) is 32.4 Å². The van der Waals surface area contributed by atoms with Gasteiger partial charge < -0.3 is 10.5 Å². The summed E-state index contributed by atoms with van der Waals surface area (Å²) < 4.78 is 5.52. The smallest absolute Gasteiger partial charge is 0.270 e. The van der Waals surface area contributed by atoms with Crippen molar-refractivity contribution in [2.24, 2.45) is 5.73 Å². The number of hydrogen-bond acceptors (Lipinski definition) is 6. The molecule has 1 aromatic heterocycles. The molecule has 2 heterocycles. The molecule has 10 heteroatoms. The average molecular weight is 428 g/mol. The first-order valence-corrected chi connectivity index (χ1v) is 9.02. The van der Waals surface area contributed by atoms with E-state index in [0.717, 1.165) is 0 Å². The summed E-state index contributed by atoms with van der Waals surface area (Å²) in [6.45, 7) is 0. The number of nitriles is 1. The Morgan fingerprint density at radius 2 is 1.90 bits per heavy atom. The minimum Gasteiger partial charge on any atom is -0.420 e. The lowest BCUT2D eigenvalue weighted by Crippen LogP contribution is -2.21. The number of nitrogens with one attached hydrogen (secondary N) is 1. The molecule has 1 aliphatic rings. The molecule has 144 valence electrons. The van der Waals surface area contributed by atoms with Gasteiger partial charge >= 0.3 is 0 Å². The first-order chi connectivity index (χ1) is 13.9. The third kappa shape index (κ3) is 3.06. The Labute approximate surface area is 174 Å². The maximum absolute atomic E-state index is 11.2. The largest absolute Gasteiger partial charge is 0.420 e. The third-order valence-corrected chi connectivity index (χ3v) is 5.23. The summed E-state index contributed by atoms with van der Waals surface area (Å²) >= 11 is 12.8. The zero-order valence-corrected chi connectivity index (χ0v) is 16.0. The van der Waals surface area contributed by atoms with E-state index in [1.807, 2.05) is 0 Å². The van der Waals surface area contributed by atoms with Gasteiger partial charge in [-0.1, -0.05) is 41.4 Å². The van der Waals surface area contributed by atoms with Crippen LogP contribution in [-0.2, 0) is 0 Å². The second kappa shape index (κ2) is 7.13. The fourth-order valence-electron chi connectivity index (χ4n) is 3.32. The summed E-state index contributed by atoms with van der Waals surface area (Å²) in [6, 6.07) is 13.0. The first-order valence-electron chi connectivity index (χ1n) is 8.27. The Kier molecular flexibility index (Phi) is 4.62. The molecular weight excluding hydrogens is 417 g/mol. The number of benzene rings is 2. The van der Waals surface area contributed by atoms with E-state index in [9.17, 15) is 15.4 Å². The number of allylic oxidation sites excluding steroid dienone is 1. The molecule has 0 spiro atoms. The van der Waals surface area contributed by atoms with Gasteiger partial charge in [0.15, 0.2) is 0 Å². The highest BCUT2D eigenvalue weighted by Crippen LogP contribution is 2.49. The number of rotatable bonds is 3. The van der Waals surface area contributed by atoms with Gasteiger partial charge in [0, 0.05) is 33.3 Å². The summed E-state index contributed by atoms with van der Waals surface area (Å²) in [5.74, 6) is -0.736. The van der Waals surface area contributed by atoms with E-state index in [-0.39, 0.29) is 23.0 Å². The van der Waals surface area contributed by atoms with Gasteiger partial charge in [-0.05, 0) is 12.1 Å². The molecule has 1 unspecified atom stereocenters. The number of nitrogens with two attached hydrogens (primary N) is 1. The van der Waals surface area contributed by atoms with Gasteiger partial charge in [-0.25, -0.2) is 0 Å². The zero-order chi connectivity index (χ0) is 20.7. The van der Waals surface area contributed by atoms with Crippen molar-refractivity contribution in [3.8, 4) is 23.2 Å². The molecule has 0 bridgehead atoms. The van der Waals surface area contributed by atoms with Crippen LogP contribution in [0.5, 0.6) is 5.88 Å². The molecule has 0 saturated heterocycles. The highest BCUT2D eigenvalue weighted by molar-refractivity contribution is 6.36. The average Bonchev–Trinajstić information content (AvgIpc) is 3.11. The van der Waals surface area contributed by atoms with Crippen LogP contribution < -0.4 is 10.5 Å². The van der Waals surface area contributed by atoms with Crippen LogP contribution in [0.1, 0.15) is 17.0 Å². The lowest BCUT2D eigenvalue weighted by molar-refractivity contribution is -0.384. The Morgan fingerprint density at radius 3 is 2.55 bits per heavy atom. The van der Waals surface area contributed by atoms with Crippen LogP contribution in [0.25, 0.3) is 11.3 Å². The van der Waals surface area contributed by atoms with Crippen LogP contribution in [-0.4, -0.2) is 15.1 Å². The molecule has 0 radical (unpaired) electrons. The number of aromatic nitrogens is 2. The SMILES string of the molecule is N#CC1=C(N)Oc2n[nH]c(-c3cccc([N+](=O)[O-])c3)c2C1c1c(Cl)cccc1Cl. The molecule has 0 aliphatic carbocycles. The fraction of sp³-hybridized carbons (Fsp3) is 0.0526. The third-order valence-electron chi connectivity index (χ3n) is 4.57. The van der Waals surface area contributed by atoms with Crippen molar-refractivity contribution in [3.63, 3.8) is 0 Å². The predicted octanol–water partition coefficient (Wildman–Crippen LogP) is 4.51. The van der Waals surface area contributed by atoms with E-state index in [1.54, 1.807) is 30.3 Å². The van der Waals surface area contributed by atoms with Crippen molar-refractivity contribution in [2.45, 2.75) is 5.92 Å². The molecule has 0 fully saturated rings. The van der Waals surface area contributed by atoms with Crippen molar-refractivity contribution < 1.29 is 9.66 Å². The quantitative estimate of drug-likeness (QED) is 0.466. The molecule has 3 N–H and O–H groups in total. The Balaban J connectivity index is 2.00. The predicted molar refractivity (Wildman–Crippen MR) is 106 cm³/mol. The highest BCUT2D eigenvalue weighted by Gasteiger charge is 2.37. The monoisotopic (exact) mass is 427 g/mol. The number of hydrogen-bond donors (Lipinski definition) is 2. The maximum atomic E-state index is 11.2. The zero-order valence-electron chi connectivity index (χ0n) is 14.5. The molecule has 4 rings (SSSR count). The maximum Gasteiger partial charge on any atom is 0.270 e. The van der Waals surface area contributed by atoms with Crippen molar-refractivity contribution in [3.05, 3.63) is 85.2 Å². The number of aromatic amines is 1. The number of nitro groups is 1. The van der Waals surface area contributed by atoms with Gasteiger partial charge in [0.1, 0.15) is 11.6 Å². The number of H-pyrrole nitrogens is 1. The lowest BCUT2D eigenvalue weighted by Gasteiger charge is -2.25. The van der Waals surface area contributed by atoms with Crippen LogP contribution in [0.2, 0.25) is 10.0 Å². The van der Waals surface area contributed by atoms with E-state index < -0.39 is 10.8 Å². The van der Waals surface area contributed by atoms with Crippen molar-refractivity contribution in [1.82, 2.24) is 10.2 Å². The molecule has 0 amide bonds. The first kappa shape index (κ1) is 18.8. The molecule has 1 atom stereocenters. The fourth-order valence-corrected chi connectivity index (χ4v) is 3.93. The summed E-state index contributed by atoms with van der Waals surface area (Å²) in [6.07, 6.45) is 0. The standard InChI is InChI=1S/C19H11Cl2N5O3/c20-12-5-2-6-13(21)15(12)14-11(8-22)18(23)29-19-16(14)17(24-25-19)9-3-1-4-10(7-9)26(27)28/h1-7,14H,23H2,(H,24,25). The molecular formula is C19H11Cl2N5O3. The number of ether oxygens (including phenoxy) is 1. The van der Waals surface area contributed by atoms with Crippen LogP contribution in [0.4, 0.5) is 5.69 Å². The van der Waals surface area contributed by atoms with Gasteiger partial charge in [-0.3, -0.25) is 15.2 Å². The summed E-state index contributed by atoms with van der Waals surface area (Å²) in [4.78, 5) is 10.7. The van der Waals surface area contributed by atoms with Crippen LogP contribution >= 0.6 is 23.2 Å². The lowest BCUT2D eigenvalue weighted by atomic mass is 9.83. The van der Waals surface area contributed by atoms with Gasteiger partial charge in [0.05, 0.1) is 22.1 Å². The normalized spacial score (nSPS) is 15.4. The van der Waals surface area contributed by atoms with E-state index in [1.165, 1.54) is 12.1 Å². The van der Waals surface area contributed by atoms with Crippen LogP contribution in [0.15, 0.2) is 53.9 Å². The van der Waals surface area contributed by atoms with E-state index in [4.69, 9.17) is 33.7 Å². The number of fused-ring (bicyclic) bond motifs is 1. The van der Waals surface area contributed by atoms with Crippen molar-refractivity contribution in [1.29, 1.82) is 5.26 Å². The number of non-ortho nitro benzene ring substituents is 1. The molecule has 3 aromatic rings. The Morgan fingerprint density at radius 1 is 1.21 bits per heavy atom. The van der Waals surface area contributed by atoms with E-state index in [2.05, 4.69) is 16.3 Å². The molecule has 2 aromatic carbocycles. The second-order valence-corrected chi connectivity index (χ2v) is 7.00. The number of halogens is 2. The van der Waals surface area contributed by atoms with E-state index >= 15 is 0 Å². The Hall–Kier alpha value is -3.54.